The van der Waals surface area contributed by atoms with Crippen LogP contribution in [0.2, 0.25) is 0 Å². The van der Waals surface area contributed by atoms with E-state index in [2.05, 4.69) is 4.98 Å². The molecule has 0 aliphatic carbocycles. The summed E-state index contributed by atoms with van der Waals surface area (Å²) in [6, 6.07) is 24.0. The van der Waals surface area contributed by atoms with E-state index in [-0.39, 0.29) is 0 Å². The monoisotopic (exact) mass is 347 g/mol. The molecule has 1 aromatic heterocycles. The van der Waals surface area contributed by atoms with Crippen molar-refractivity contribution in [3.05, 3.63) is 84.4 Å². The Hall–Kier alpha value is -2.85. The molecule has 0 fully saturated rings. The quantitative estimate of drug-likeness (QED) is 0.568. The number of hydrogen-bond acceptors (Lipinski definition) is 2. The van der Waals surface area contributed by atoms with Gasteiger partial charge in [0.1, 0.15) is 4.90 Å². The van der Waals surface area contributed by atoms with E-state index in [1.165, 1.54) is 0 Å². The van der Waals surface area contributed by atoms with Crippen LogP contribution < -0.4 is 0 Å². The van der Waals surface area contributed by atoms with Gasteiger partial charge in [-0.2, -0.15) is 0 Å². The second kappa shape index (κ2) is 5.90. The maximum absolute atomic E-state index is 13.4. The molecule has 0 spiro atoms. The van der Waals surface area contributed by atoms with Crippen molar-refractivity contribution in [1.82, 2.24) is 4.98 Å². The molecule has 4 rings (SSSR count). The summed E-state index contributed by atoms with van der Waals surface area (Å²) in [5, 5.41) is 0.710. The van der Waals surface area contributed by atoms with Gasteiger partial charge in [-0.3, -0.25) is 0 Å². The van der Waals surface area contributed by atoms with E-state index in [0.717, 1.165) is 16.6 Å². The lowest BCUT2D eigenvalue weighted by atomic mass is 10.1. The number of aromatic nitrogens is 1. The highest BCUT2D eigenvalue weighted by molar-refractivity contribution is 7.91. The van der Waals surface area contributed by atoms with E-state index in [1.54, 1.807) is 12.1 Å². The summed E-state index contributed by atoms with van der Waals surface area (Å²) in [6.45, 7) is 1.94. The first kappa shape index (κ1) is 15.7. The highest BCUT2D eigenvalue weighted by Crippen LogP contribution is 2.37. The van der Waals surface area contributed by atoms with Gasteiger partial charge >= 0.3 is 0 Å². The summed E-state index contributed by atoms with van der Waals surface area (Å²) in [5.74, 6) is 0. The zero-order chi connectivity index (χ0) is 17.4. The number of rotatable bonds is 3. The predicted molar refractivity (Wildman–Crippen MR) is 100 cm³/mol. The summed E-state index contributed by atoms with van der Waals surface area (Å²) < 4.78 is 26.8. The Morgan fingerprint density at radius 3 is 2.12 bits per heavy atom. The fraction of sp³-hybridized carbons (Fsp3) is 0.0476. The number of H-pyrrole nitrogens is 1. The molecule has 0 aliphatic heterocycles. The second-order valence-electron chi connectivity index (χ2n) is 6.06. The Kier molecular flexibility index (Phi) is 3.70. The average molecular weight is 347 g/mol. The van der Waals surface area contributed by atoms with Gasteiger partial charge in [-0.25, -0.2) is 8.42 Å². The van der Waals surface area contributed by atoms with E-state index in [1.807, 2.05) is 73.7 Å². The molecule has 124 valence electrons. The largest absolute Gasteiger partial charge is 0.353 e. The molecule has 0 saturated heterocycles. The summed E-state index contributed by atoms with van der Waals surface area (Å²) >= 11 is 0. The third kappa shape index (κ3) is 2.65. The van der Waals surface area contributed by atoms with Crippen molar-refractivity contribution in [1.29, 1.82) is 0 Å². The molecule has 25 heavy (non-hydrogen) atoms. The van der Waals surface area contributed by atoms with Crippen LogP contribution in [-0.4, -0.2) is 13.4 Å². The molecular formula is C21H17NO2S. The Morgan fingerprint density at radius 2 is 1.40 bits per heavy atom. The van der Waals surface area contributed by atoms with Crippen LogP contribution in [0.5, 0.6) is 0 Å². The molecule has 0 atom stereocenters. The van der Waals surface area contributed by atoms with Crippen LogP contribution in [-0.2, 0) is 9.84 Å². The minimum Gasteiger partial charge on any atom is -0.353 e. The molecule has 0 unspecified atom stereocenters. The van der Waals surface area contributed by atoms with Gasteiger partial charge in [0.15, 0.2) is 0 Å². The van der Waals surface area contributed by atoms with Gasteiger partial charge in [-0.15, -0.1) is 0 Å². The fourth-order valence-electron chi connectivity index (χ4n) is 3.04. The van der Waals surface area contributed by atoms with E-state index in [9.17, 15) is 8.42 Å². The second-order valence-corrected chi connectivity index (χ2v) is 7.94. The Bertz CT molecular complexity index is 1140. The lowest BCUT2D eigenvalue weighted by Gasteiger charge is -2.08. The minimum atomic E-state index is -3.65. The molecular weight excluding hydrogens is 330 g/mol. The number of benzene rings is 3. The molecule has 3 nitrogen and oxygen atoms in total. The maximum Gasteiger partial charge on any atom is 0.209 e. The van der Waals surface area contributed by atoms with Crippen molar-refractivity contribution in [2.24, 2.45) is 0 Å². The van der Waals surface area contributed by atoms with Crippen LogP contribution >= 0.6 is 0 Å². The topological polar surface area (TPSA) is 49.9 Å². The number of sulfone groups is 1. The molecule has 3 aromatic carbocycles. The highest BCUT2D eigenvalue weighted by atomic mass is 32.2. The van der Waals surface area contributed by atoms with Crippen LogP contribution in [0, 0.1) is 6.92 Å². The van der Waals surface area contributed by atoms with Crippen LogP contribution in [0.3, 0.4) is 0 Å². The molecule has 1 heterocycles. The Morgan fingerprint density at radius 1 is 0.760 bits per heavy atom. The number of aryl methyl sites for hydroxylation is 1. The zero-order valence-electron chi connectivity index (χ0n) is 13.7. The van der Waals surface area contributed by atoms with Gasteiger partial charge < -0.3 is 4.98 Å². The first-order valence-corrected chi connectivity index (χ1v) is 9.53. The average Bonchev–Trinajstić information content (AvgIpc) is 3.03. The molecule has 0 bridgehead atoms. The van der Waals surface area contributed by atoms with E-state index in [4.69, 9.17) is 0 Å². The third-order valence-corrected chi connectivity index (χ3v) is 6.18. The smallest absolute Gasteiger partial charge is 0.209 e. The summed E-state index contributed by atoms with van der Waals surface area (Å²) in [6.07, 6.45) is 0. The van der Waals surface area contributed by atoms with Gasteiger partial charge in [-0.05, 0) is 30.7 Å². The van der Waals surface area contributed by atoms with Gasteiger partial charge in [0.25, 0.3) is 0 Å². The molecule has 4 aromatic rings. The van der Waals surface area contributed by atoms with Crippen LogP contribution in [0.4, 0.5) is 0 Å². The van der Waals surface area contributed by atoms with Gasteiger partial charge in [0.05, 0.1) is 10.6 Å². The maximum atomic E-state index is 13.4. The molecule has 4 heteroatoms. The number of fused-ring (bicyclic) bond motifs is 1. The summed E-state index contributed by atoms with van der Waals surface area (Å²) in [5.41, 5.74) is 3.32. The summed E-state index contributed by atoms with van der Waals surface area (Å²) in [7, 11) is -3.65. The van der Waals surface area contributed by atoms with Crippen LogP contribution in [0.15, 0.2) is 88.7 Å². The van der Waals surface area contributed by atoms with Crippen molar-refractivity contribution in [2.75, 3.05) is 0 Å². The van der Waals surface area contributed by atoms with Crippen molar-refractivity contribution in [2.45, 2.75) is 16.7 Å². The Labute approximate surface area is 146 Å². The van der Waals surface area contributed by atoms with E-state index < -0.39 is 9.84 Å². The highest BCUT2D eigenvalue weighted by Gasteiger charge is 2.26. The number of aromatic amines is 1. The van der Waals surface area contributed by atoms with Gasteiger partial charge in [0, 0.05) is 10.9 Å². The Balaban J connectivity index is 2.05. The lowest BCUT2D eigenvalue weighted by molar-refractivity contribution is 0.597. The molecule has 1 N–H and O–H groups in total. The number of para-hydroxylation sites is 1. The van der Waals surface area contributed by atoms with Crippen molar-refractivity contribution in [3.8, 4) is 11.3 Å². The normalized spacial score (nSPS) is 11.7. The van der Waals surface area contributed by atoms with Crippen molar-refractivity contribution >= 4 is 20.7 Å². The zero-order valence-corrected chi connectivity index (χ0v) is 14.5. The van der Waals surface area contributed by atoms with E-state index >= 15 is 0 Å². The first-order chi connectivity index (χ1) is 12.1. The molecule has 0 radical (unpaired) electrons. The lowest BCUT2D eigenvalue weighted by Crippen LogP contribution is -2.03. The van der Waals surface area contributed by atoms with Crippen molar-refractivity contribution < 1.29 is 8.42 Å². The first-order valence-electron chi connectivity index (χ1n) is 8.05. The number of hydrogen-bond donors (Lipinski definition) is 1. The van der Waals surface area contributed by atoms with Crippen LogP contribution in [0.25, 0.3) is 22.2 Å². The summed E-state index contributed by atoms with van der Waals surface area (Å²) in [4.78, 5) is 3.93. The van der Waals surface area contributed by atoms with Crippen molar-refractivity contribution in [3.63, 3.8) is 0 Å². The number of nitrogens with one attached hydrogen (secondary N) is 1. The van der Waals surface area contributed by atoms with Crippen LogP contribution in [0.1, 0.15) is 5.56 Å². The standard InChI is InChI=1S/C21H17NO2S/c1-15-11-13-17(14-12-15)25(23,24)21-18-9-5-6-10-19(18)22-20(21)16-7-3-2-4-8-16/h2-14,22H,1H3. The molecule has 0 saturated carbocycles. The SMILES string of the molecule is Cc1ccc(S(=O)(=O)c2c(-c3ccccc3)[nH]c3ccccc23)cc1. The fourth-order valence-corrected chi connectivity index (χ4v) is 4.67. The molecule has 0 aliphatic rings. The van der Waals surface area contributed by atoms with Gasteiger partial charge in [0.2, 0.25) is 9.84 Å². The van der Waals surface area contributed by atoms with E-state index in [0.29, 0.717) is 20.9 Å². The predicted octanol–water partition coefficient (Wildman–Crippen LogP) is 4.98. The van der Waals surface area contributed by atoms with Gasteiger partial charge in [-0.1, -0.05) is 66.2 Å². The molecule has 0 amide bonds. The third-order valence-electron chi connectivity index (χ3n) is 4.32. The minimum absolute atomic E-state index is 0.306.